The number of phenols is 1. The molecule has 0 spiro atoms. The summed E-state index contributed by atoms with van der Waals surface area (Å²) in [4.78, 5) is 5.00. The van der Waals surface area contributed by atoms with Crippen molar-refractivity contribution in [2.75, 3.05) is 6.61 Å². The van der Waals surface area contributed by atoms with Crippen molar-refractivity contribution in [3.05, 3.63) is 94.0 Å². The number of phenolic OH excluding ortho intramolecular Hbond substituents is 1. The number of ether oxygens (including phenoxy) is 1. The van der Waals surface area contributed by atoms with Crippen molar-refractivity contribution >= 4 is 21.6 Å². The van der Waals surface area contributed by atoms with Crippen LogP contribution >= 0.6 is 15.9 Å². The van der Waals surface area contributed by atoms with E-state index in [9.17, 15) is 5.11 Å². The maximum Gasteiger partial charge on any atom is 0.126 e. The zero-order valence-electron chi connectivity index (χ0n) is 16.2. The summed E-state index contributed by atoms with van der Waals surface area (Å²) in [5.74, 6) is 1.15. The highest BCUT2D eigenvalue weighted by Crippen LogP contribution is 2.34. The van der Waals surface area contributed by atoms with Crippen molar-refractivity contribution in [2.45, 2.75) is 25.6 Å². The third-order valence-corrected chi connectivity index (χ3v) is 5.57. The SMILES string of the molecule is CCOc1ccc(C2=N[C@H](c3ccc(Br)cc3)N[C@H](c3ccccc3O)C2)cc1. The first-order chi connectivity index (χ1) is 14.1. The predicted molar refractivity (Wildman–Crippen MR) is 120 cm³/mol. The van der Waals surface area contributed by atoms with Gasteiger partial charge in [-0.25, -0.2) is 0 Å². The lowest BCUT2D eigenvalue weighted by Gasteiger charge is -2.31. The van der Waals surface area contributed by atoms with Crippen LogP contribution in [0.1, 0.15) is 42.2 Å². The van der Waals surface area contributed by atoms with Gasteiger partial charge in [0.05, 0.1) is 6.61 Å². The van der Waals surface area contributed by atoms with E-state index in [1.807, 2.05) is 49.4 Å². The third kappa shape index (κ3) is 4.52. The molecule has 0 aliphatic carbocycles. The number of hydrogen-bond acceptors (Lipinski definition) is 4. The Kier molecular flexibility index (Phi) is 5.97. The maximum absolute atomic E-state index is 10.4. The van der Waals surface area contributed by atoms with Crippen LogP contribution in [0.4, 0.5) is 0 Å². The van der Waals surface area contributed by atoms with Gasteiger partial charge < -0.3 is 9.84 Å². The molecule has 1 aliphatic heterocycles. The molecule has 0 aromatic heterocycles. The number of hydrogen-bond donors (Lipinski definition) is 2. The Hall–Kier alpha value is -2.63. The Balaban J connectivity index is 1.71. The number of halogens is 1. The molecular weight excluding hydrogens is 428 g/mol. The van der Waals surface area contributed by atoms with Gasteiger partial charge >= 0.3 is 0 Å². The highest BCUT2D eigenvalue weighted by atomic mass is 79.9. The summed E-state index contributed by atoms with van der Waals surface area (Å²) in [5, 5.41) is 14.0. The molecule has 2 atom stereocenters. The summed E-state index contributed by atoms with van der Waals surface area (Å²) < 4.78 is 6.60. The number of aromatic hydroxyl groups is 1. The first kappa shape index (κ1) is 19.7. The van der Waals surface area contributed by atoms with E-state index in [2.05, 4.69) is 45.5 Å². The van der Waals surface area contributed by atoms with Gasteiger partial charge in [0.2, 0.25) is 0 Å². The van der Waals surface area contributed by atoms with E-state index in [1.165, 1.54) is 0 Å². The van der Waals surface area contributed by atoms with Gasteiger partial charge in [0.1, 0.15) is 17.7 Å². The van der Waals surface area contributed by atoms with Gasteiger partial charge in [0.25, 0.3) is 0 Å². The van der Waals surface area contributed by atoms with Crippen LogP contribution in [0.15, 0.2) is 82.3 Å². The van der Waals surface area contributed by atoms with Gasteiger partial charge in [0.15, 0.2) is 0 Å². The van der Waals surface area contributed by atoms with Crippen molar-refractivity contribution < 1.29 is 9.84 Å². The molecule has 29 heavy (non-hydrogen) atoms. The van der Waals surface area contributed by atoms with Crippen LogP contribution in [-0.2, 0) is 0 Å². The molecule has 0 amide bonds. The van der Waals surface area contributed by atoms with Crippen molar-refractivity contribution in [3.8, 4) is 11.5 Å². The Morgan fingerprint density at radius 2 is 1.76 bits per heavy atom. The van der Waals surface area contributed by atoms with Gasteiger partial charge in [-0.3, -0.25) is 10.3 Å². The molecule has 0 fully saturated rings. The number of aliphatic imine (C=N–C) groups is 1. The average molecular weight is 451 g/mol. The summed E-state index contributed by atoms with van der Waals surface area (Å²) in [6, 6.07) is 23.7. The number of nitrogens with zero attached hydrogens (tertiary/aromatic N) is 1. The number of rotatable bonds is 5. The van der Waals surface area contributed by atoms with Gasteiger partial charge in [-0.05, 0) is 60.5 Å². The lowest BCUT2D eigenvalue weighted by molar-refractivity contribution is 0.340. The fraction of sp³-hybridized carbons (Fsp3) is 0.208. The molecule has 0 bridgehead atoms. The first-order valence-electron chi connectivity index (χ1n) is 9.73. The van der Waals surface area contributed by atoms with Crippen LogP contribution in [0.3, 0.4) is 0 Å². The molecule has 2 N–H and O–H groups in total. The largest absolute Gasteiger partial charge is 0.508 e. The standard InChI is InChI=1S/C24H23BrN2O2/c1-2-29-19-13-9-16(10-14-19)21-15-22(20-5-3-4-6-23(20)28)27-24(26-21)17-7-11-18(25)12-8-17/h3-14,22,24,27-28H,2,15H2,1H3/t22-,24-/m0/s1. The van der Waals surface area contributed by atoms with Gasteiger partial charge in [-0.1, -0.05) is 46.3 Å². The van der Waals surface area contributed by atoms with Crippen LogP contribution in [0.25, 0.3) is 0 Å². The Bertz CT molecular complexity index is 1000. The van der Waals surface area contributed by atoms with Crippen LogP contribution in [-0.4, -0.2) is 17.4 Å². The minimum atomic E-state index is -0.192. The minimum absolute atomic E-state index is 0.0380. The molecule has 148 valence electrons. The normalized spacial score (nSPS) is 18.9. The lowest BCUT2D eigenvalue weighted by Crippen LogP contribution is -2.33. The fourth-order valence-corrected chi connectivity index (χ4v) is 3.85. The van der Waals surface area contributed by atoms with Crippen LogP contribution in [0.5, 0.6) is 11.5 Å². The molecule has 1 aliphatic rings. The second-order valence-corrected chi connectivity index (χ2v) is 7.89. The molecule has 1 heterocycles. The monoisotopic (exact) mass is 450 g/mol. The smallest absolute Gasteiger partial charge is 0.126 e. The lowest BCUT2D eigenvalue weighted by atomic mass is 9.93. The van der Waals surface area contributed by atoms with Gasteiger partial charge in [-0.15, -0.1) is 0 Å². The Labute approximate surface area is 179 Å². The van der Waals surface area contributed by atoms with Crippen molar-refractivity contribution in [1.29, 1.82) is 0 Å². The molecular formula is C24H23BrN2O2. The number of nitrogens with one attached hydrogen (secondary N) is 1. The topological polar surface area (TPSA) is 53.8 Å². The van der Waals surface area contributed by atoms with E-state index in [4.69, 9.17) is 9.73 Å². The molecule has 3 aromatic rings. The van der Waals surface area contributed by atoms with E-state index in [0.717, 1.165) is 32.6 Å². The summed E-state index contributed by atoms with van der Waals surface area (Å²) in [5.41, 5.74) is 4.04. The summed E-state index contributed by atoms with van der Waals surface area (Å²) in [6.45, 7) is 2.62. The van der Waals surface area contributed by atoms with Crippen molar-refractivity contribution in [1.82, 2.24) is 5.32 Å². The van der Waals surface area contributed by atoms with E-state index in [1.54, 1.807) is 6.07 Å². The Morgan fingerprint density at radius 3 is 2.45 bits per heavy atom. The maximum atomic E-state index is 10.4. The Morgan fingerprint density at radius 1 is 1.03 bits per heavy atom. The van der Waals surface area contributed by atoms with Gasteiger partial charge in [0, 0.05) is 28.2 Å². The second kappa shape index (κ2) is 8.80. The van der Waals surface area contributed by atoms with Crippen LogP contribution < -0.4 is 10.1 Å². The molecule has 4 rings (SSSR count). The minimum Gasteiger partial charge on any atom is -0.508 e. The number of benzene rings is 3. The van der Waals surface area contributed by atoms with Crippen molar-refractivity contribution in [2.24, 2.45) is 4.99 Å². The molecule has 0 radical (unpaired) electrons. The zero-order chi connectivity index (χ0) is 20.2. The molecule has 0 saturated carbocycles. The van der Waals surface area contributed by atoms with E-state index in [0.29, 0.717) is 18.8 Å². The third-order valence-electron chi connectivity index (χ3n) is 5.04. The van der Waals surface area contributed by atoms with E-state index >= 15 is 0 Å². The molecule has 3 aromatic carbocycles. The first-order valence-corrected chi connectivity index (χ1v) is 10.5. The van der Waals surface area contributed by atoms with E-state index in [-0.39, 0.29) is 12.2 Å². The second-order valence-electron chi connectivity index (χ2n) is 6.97. The molecule has 0 unspecified atom stereocenters. The van der Waals surface area contributed by atoms with Gasteiger partial charge in [-0.2, -0.15) is 0 Å². The summed E-state index contributed by atoms with van der Waals surface area (Å²) in [6.07, 6.45) is 0.501. The fourth-order valence-electron chi connectivity index (χ4n) is 3.59. The van der Waals surface area contributed by atoms with Crippen molar-refractivity contribution in [3.63, 3.8) is 0 Å². The highest BCUT2D eigenvalue weighted by molar-refractivity contribution is 9.10. The summed E-state index contributed by atoms with van der Waals surface area (Å²) >= 11 is 3.49. The number of para-hydroxylation sites is 1. The quantitative estimate of drug-likeness (QED) is 0.518. The predicted octanol–water partition coefficient (Wildman–Crippen LogP) is 5.78. The van der Waals surface area contributed by atoms with Crippen LogP contribution in [0.2, 0.25) is 0 Å². The molecule has 5 heteroatoms. The average Bonchev–Trinajstić information content (AvgIpc) is 2.75. The van der Waals surface area contributed by atoms with Crippen LogP contribution in [0, 0.1) is 0 Å². The zero-order valence-corrected chi connectivity index (χ0v) is 17.8. The van der Waals surface area contributed by atoms with E-state index < -0.39 is 0 Å². The molecule has 4 nitrogen and oxygen atoms in total. The highest BCUT2D eigenvalue weighted by Gasteiger charge is 2.27. The summed E-state index contributed by atoms with van der Waals surface area (Å²) in [7, 11) is 0. The molecule has 0 saturated heterocycles.